The van der Waals surface area contributed by atoms with Crippen LogP contribution < -0.4 is 15.4 Å². The zero-order chi connectivity index (χ0) is 18.8. The largest absolute Gasteiger partial charge is 0.494 e. The molecule has 2 aromatic rings. The first-order chi connectivity index (χ1) is 12.6. The Balaban J connectivity index is 1.75. The van der Waals surface area contributed by atoms with Gasteiger partial charge in [0.15, 0.2) is 0 Å². The predicted octanol–water partition coefficient (Wildman–Crippen LogP) is 3.70. The van der Waals surface area contributed by atoms with E-state index < -0.39 is 0 Å². The molecule has 0 radical (unpaired) electrons. The lowest BCUT2D eigenvalue weighted by Gasteiger charge is -2.09. The lowest BCUT2D eigenvalue weighted by Crippen LogP contribution is -2.16. The van der Waals surface area contributed by atoms with Gasteiger partial charge in [-0.2, -0.15) is 0 Å². The van der Waals surface area contributed by atoms with E-state index >= 15 is 0 Å². The molecule has 0 spiro atoms. The fraction of sp³-hybridized carbons (Fsp3) is 0.300. The Morgan fingerprint density at radius 1 is 0.885 bits per heavy atom. The average molecular weight is 356 g/mol. The molecular weight excluding hydrogens is 332 g/mol. The van der Waals surface area contributed by atoms with Crippen LogP contribution in [0.25, 0.3) is 0 Å². The van der Waals surface area contributed by atoms with Crippen molar-refractivity contribution in [1.82, 2.24) is 0 Å². The number of rotatable bonds is 9. The van der Waals surface area contributed by atoms with Gasteiger partial charge in [0, 0.05) is 24.3 Å². The zero-order valence-corrected chi connectivity index (χ0v) is 15.1. The highest BCUT2D eigenvalue weighted by atomic mass is 16.5. The van der Waals surface area contributed by atoms with E-state index in [1.54, 1.807) is 31.2 Å². The maximum atomic E-state index is 12.0. The molecule has 0 aliphatic carbocycles. The Morgan fingerprint density at radius 2 is 1.54 bits per heavy atom. The molecule has 138 valence electrons. The molecule has 6 heteroatoms. The summed E-state index contributed by atoms with van der Waals surface area (Å²) in [5.74, 6) is 0.347. The fourth-order valence-electron chi connectivity index (χ4n) is 2.28. The van der Waals surface area contributed by atoms with Crippen molar-refractivity contribution in [2.75, 3.05) is 30.4 Å². The summed E-state index contributed by atoms with van der Waals surface area (Å²) in [6.07, 6.45) is 0.326. The zero-order valence-electron chi connectivity index (χ0n) is 15.1. The minimum absolute atomic E-state index is 0.104. The van der Waals surface area contributed by atoms with Gasteiger partial charge in [-0.1, -0.05) is 0 Å². The summed E-state index contributed by atoms with van der Waals surface area (Å²) in [5.41, 5.74) is 2.03. The van der Waals surface area contributed by atoms with Gasteiger partial charge in [0.25, 0.3) is 0 Å². The van der Waals surface area contributed by atoms with Crippen LogP contribution in [0.5, 0.6) is 5.75 Å². The molecule has 26 heavy (non-hydrogen) atoms. The van der Waals surface area contributed by atoms with E-state index in [0.29, 0.717) is 37.4 Å². The Kier molecular flexibility index (Phi) is 7.49. The van der Waals surface area contributed by atoms with Crippen LogP contribution in [0.4, 0.5) is 11.4 Å². The van der Waals surface area contributed by atoms with E-state index in [9.17, 15) is 9.59 Å². The van der Waals surface area contributed by atoms with Gasteiger partial charge in [0.1, 0.15) is 5.75 Å². The lowest BCUT2D eigenvalue weighted by molar-refractivity contribution is -0.115. The lowest BCUT2D eigenvalue weighted by atomic mass is 10.2. The molecule has 0 heterocycles. The first-order valence-corrected chi connectivity index (χ1v) is 8.66. The predicted molar refractivity (Wildman–Crippen MR) is 102 cm³/mol. The maximum absolute atomic E-state index is 12.0. The fourth-order valence-corrected chi connectivity index (χ4v) is 2.28. The second kappa shape index (κ2) is 10.1. The van der Waals surface area contributed by atoms with Gasteiger partial charge in [-0.3, -0.25) is 4.79 Å². The van der Waals surface area contributed by atoms with Gasteiger partial charge in [-0.05, 0) is 62.4 Å². The van der Waals surface area contributed by atoms with Crippen LogP contribution in [0, 0.1) is 0 Å². The van der Waals surface area contributed by atoms with Crippen molar-refractivity contribution in [2.24, 2.45) is 0 Å². The number of ether oxygens (including phenoxy) is 2. The van der Waals surface area contributed by atoms with Crippen LogP contribution in [-0.2, 0) is 9.53 Å². The van der Waals surface area contributed by atoms with Crippen LogP contribution in [0.1, 0.15) is 30.6 Å². The molecule has 0 saturated heterocycles. The molecule has 0 saturated carbocycles. The molecule has 0 unspecified atom stereocenters. The average Bonchev–Trinajstić information content (AvgIpc) is 2.64. The molecule has 0 aliphatic heterocycles. The molecule has 2 aromatic carbocycles. The van der Waals surface area contributed by atoms with Crippen molar-refractivity contribution in [2.45, 2.75) is 20.3 Å². The van der Waals surface area contributed by atoms with Crippen LogP contribution in [-0.4, -0.2) is 31.6 Å². The number of hydrogen-bond donors (Lipinski definition) is 2. The van der Waals surface area contributed by atoms with E-state index in [4.69, 9.17) is 9.47 Å². The number of carbonyl (C=O) groups is 2. The summed E-state index contributed by atoms with van der Waals surface area (Å²) in [5, 5.41) is 5.99. The number of hydrogen-bond acceptors (Lipinski definition) is 5. The Hall–Kier alpha value is -3.02. The van der Waals surface area contributed by atoms with Crippen molar-refractivity contribution in [3.8, 4) is 5.75 Å². The van der Waals surface area contributed by atoms with Gasteiger partial charge in [-0.25, -0.2) is 4.79 Å². The number of anilines is 2. The topological polar surface area (TPSA) is 76.7 Å². The Bertz CT molecular complexity index is 712. The summed E-state index contributed by atoms with van der Waals surface area (Å²) in [6.45, 7) is 5.18. The highest BCUT2D eigenvalue weighted by Gasteiger charge is 2.07. The molecule has 1 amide bonds. The SMILES string of the molecule is CCOC(=O)c1ccc(NC(=O)CCNc2ccc(OCC)cc2)cc1. The van der Waals surface area contributed by atoms with E-state index in [1.165, 1.54) is 0 Å². The molecule has 2 N–H and O–H groups in total. The number of carbonyl (C=O) groups excluding carboxylic acids is 2. The van der Waals surface area contributed by atoms with Crippen molar-refractivity contribution in [3.63, 3.8) is 0 Å². The molecule has 0 aliphatic rings. The van der Waals surface area contributed by atoms with Gasteiger partial charge in [-0.15, -0.1) is 0 Å². The number of benzene rings is 2. The molecular formula is C20H24N2O4. The monoisotopic (exact) mass is 356 g/mol. The van der Waals surface area contributed by atoms with Gasteiger partial charge < -0.3 is 20.1 Å². The molecule has 0 bridgehead atoms. The summed E-state index contributed by atoms with van der Waals surface area (Å²) in [6, 6.07) is 14.2. The number of nitrogens with one attached hydrogen (secondary N) is 2. The third kappa shape index (κ3) is 6.12. The van der Waals surface area contributed by atoms with Crippen LogP contribution in [0.3, 0.4) is 0 Å². The first kappa shape index (κ1) is 19.3. The van der Waals surface area contributed by atoms with Gasteiger partial charge in [0.2, 0.25) is 5.91 Å². The van der Waals surface area contributed by atoms with Crippen molar-refractivity contribution < 1.29 is 19.1 Å². The summed E-state index contributed by atoms with van der Waals surface area (Å²) < 4.78 is 10.3. The Morgan fingerprint density at radius 3 is 2.15 bits per heavy atom. The van der Waals surface area contributed by atoms with Gasteiger partial charge >= 0.3 is 5.97 Å². The maximum Gasteiger partial charge on any atom is 0.338 e. The molecule has 0 aromatic heterocycles. The second-order valence-corrected chi connectivity index (χ2v) is 5.48. The van der Waals surface area contributed by atoms with Crippen molar-refractivity contribution >= 4 is 23.3 Å². The van der Waals surface area contributed by atoms with Crippen molar-refractivity contribution in [1.29, 1.82) is 0 Å². The molecule has 0 fully saturated rings. The van der Waals surface area contributed by atoms with E-state index in [0.717, 1.165) is 11.4 Å². The minimum Gasteiger partial charge on any atom is -0.494 e. The summed E-state index contributed by atoms with van der Waals surface area (Å²) >= 11 is 0. The van der Waals surface area contributed by atoms with E-state index in [2.05, 4.69) is 10.6 Å². The second-order valence-electron chi connectivity index (χ2n) is 5.48. The third-order valence-electron chi connectivity index (χ3n) is 3.53. The standard InChI is InChI=1S/C20H24N2O4/c1-3-25-18-11-9-16(10-12-18)21-14-13-19(23)22-17-7-5-15(6-8-17)20(24)26-4-2/h5-12,21H,3-4,13-14H2,1-2H3,(H,22,23). The highest BCUT2D eigenvalue weighted by molar-refractivity contribution is 5.93. The van der Waals surface area contributed by atoms with Crippen LogP contribution in [0.2, 0.25) is 0 Å². The smallest absolute Gasteiger partial charge is 0.338 e. The molecule has 2 rings (SSSR count). The van der Waals surface area contributed by atoms with Crippen LogP contribution >= 0.6 is 0 Å². The normalized spacial score (nSPS) is 10.1. The number of esters is 1. The molecule has 6 nitrogen and oxygen atoms in total. The van der Waals surface area contributed by atoms with Crippen molar-refractivity contribution in [3.05, 3.63) is 54.1 Å². The van der Waals surface area contributed by atoms with Gasteiger partial charge in [0.05, 0.1) is 18.8 Å². The highest BCUT2D eigenvalue weighted by Crippen LogP contribution is 2.15. The first-order valence-electron chi connectivity index (χ1n) is 8.66. The minimum atomic E-state index is -0.370. The van der Waals surface area contributed by atoms with Crippen LogP contribution in [0.15, 0.2) is 48.5 Å². The van der Waals surface area contributed by atoms with E-state index in [1.807, 2.05) is 31.2 Å². The quantitative estimate of drug-likeness (QED) is 0.670. The number of amides is 1. The van der Waals surface area contributed by atoms with E-state index in [-0.39, 0.29) is 11.9 Å². The molecule has 0 atom stereocenters. The summed E-state index contributed by atoms with van der Waals surface area (Å²) in [4.78, 5) is 23.6. The Labute approximate surface area is 153 Å². The summed E-state index contributed by atoms with van der Waals surface area (Å²) in [7, 11) is 0. The third-order valence-corrected chi connectivity index (χ3v) is 3.53.